The zero-order valence-corrected chi connectivity index (χ0v) is 19.3. The van der Waals surface area contributed by atoms with Crippen LogP contribution in [0.5, 0.6) is 0 Å². The van der Waals surface area contributed by atoms with Crippen molar-refractivity contribution in [1.82, 2.24) is 4.98 Å². The summed E-state index contributed by atoms with van der Waals surface area (Å²) in [4.78, 5) is 29.6. The van der Waals surface area contributed by atoms with Gasteiger partial charge in [-0.15, -0.1) is 0 Å². The summed E-state index contributed by atoms with van der Waals surface area (Å²) < 4.78 is 52.7. The Kier molecular flexibility index (Phi) is 7.10. The van der Waals surface area contributed by atoms with Crippen molar-refractivity contribution >= 4 is 17.6 Å². The van der Waals surface area contributed by atoms with Crippen LogP contribution in [0.2, 0.25) is 0 Å². The highest BCUT2D eigenvalue weighted by Crippen LogP contribution is 2.43. The van der Waals surface area contributed by atoms with Crippen molar-refractivity contribution in [3.63, 3.8) is 0 Å². The first-order valence-electron chi connectivity index (χ1n) is 11.5. The summed E-state index contributed by atoms with van der Waals surface area (Å²) in [6, 6.07) is 13.1. The Bertz CT molecular complexity index is 1270. The summed E-state index contributed by atoms with van der Waals surface area (Å²) in [6.45, 7) is 1.90. The maximum absolute atomic E-state index is 14.3. The van der Waals surface area contributed by atoms with Crippen molar-refractivity contribution in [2.45, 2.75) is 38.3 Å². The van der Waals surface area contributed by atoms with Crippen molar-refractivity contribution in [1.29, 1.82) is 0 Å². The minimum Gasteiger partial charge on any atom is -0.481 e. The van der Waals surface area contributed by atoms with Gasteiger partial charge in [-0.1, -0.05) is 36.8 Å². The fourth-order valence-corrected chi connectivity index (χ4v) is 4.93. The van der Waals surface area contributed by atoms with E-state index in [1.165, 1.54) is 0 Å². The number of aliphatic carboxylic acids is 1. The molecule has 0 spiro atoms. The minimum atomic E-state index is -4.72. The number of carbonyl (C=O) groups excluding carboxylic acids is 1. The predicted octanol–water partition coefficient (Wildman–Crippen LogP) is 6.44. The topological polar surface area (TPSA) is 79.3 Å². The minimum absolute atomic E-state index is 0.272. The number of carboxylic acids is 1. The highest BCUT2D eigenvalue weighted by molar-refractivity contribution is 5.95. The zero-order valence-electron chi connectivity index (χ0n) is 19.3. The van der Waals surface area contributed by atoms with Gasteiger partial charge in [-0.3, -0.25) is 14.6 Å². The van der Waals surface area contributed by atoms with Crippen LogP contribution < -0.4 is 5.32 Å². The number of amides is 1. The third-order valence-corrected chi connectivity index (χ3v) is 6.73. The number of hydrogen-bond donors (Lipinski definition) is 2. The summed E-state index contributed by atoms with van der Waals surface area (Å²) in [7, 11) is 0. The number of anilines is 1. The first kappa shape index (κ1) is 25.3. The number of aryl methyl sites for hydroxylation is 1. The van der Waals surface area contributed by atoms with Crippen LogP contribution in [0.1, 0.15) is 42.0 Å². The molecule has 1 amide bonds. The van der Waals surface area contributed by atoms with E-state index in [0.29, 0.717) is 25.0 Å². The van der Waals surface area contributed by atoms with Crippen LogP contribution in [0.25, 0.3) is 11.1 Å². The quantitative estimate of drug-likeness (QED) is 0.395. The fourth-order valence-electron chi connectivity index (χ4n) is 4.93. The number of hydrogen-bond acceptors (Lipinski definition) is 3. The van der Waals surface area contributed by atoms with Crippen molar-refractivity contribution in [3.8, 4) is 11.1 Å². The number of carbonyl (C=O) groups is 2. The molecule has 1 saturated carbocycles. The maximum atomic E-state index is 14.3. The van der Waals surface area contributed by atoms with E-state index >= 15 is 0 Å². The van der Waals surface area contributed by atoms with E-state index in [9.17, 15) is 32.3 Å². The molecule has 0 radical (unpaired) electrons. The fraction of sp³-hybridized carbons (Fsp3) is 0.296. The first-order valence-corrected chi connectivity index (χ1v) is 11.5. The van der Waals surface area contributed by atoms with Gasteiger partial charge in [0.05, 0.1) is 23.1 Å². The van der Waals surface area contributed by atoms with E-state index in [-0.39, 0.29) is 6.42 Å². The van der Waals surface area contributed by atoms with Crippen molar-refractivity contribution in [2.75, 3.05) is 5.32 Å². The zero-order chi connectivity index (χ0) is 26.0. The molecule has 4 rings (SSSR count). The van der Waals surface area contributed by atoms with Gasteiger partial charge in [0, 0.05) is 17.5 Å². The molecule has 3 atom stereocenters. The molecule has 9 heteroatoms. The molecule has 5 nitrogen and oxygen atoms in total. The van der Waals surface area contributed by atoms with Gasteiger partial charge >= 0.3 is 12.1 Å². The second-order valence-electron chi connectivity index (χ2n) is 8.95. The Hall–Kier alpha value is -3.75. The standard InChI is InChI=1S/C27H24F4N2O3/c1-15-19(6-3-13-32-15)16-7-9-17(10-8-16)20-4-2-5-21(24(20)26(35)36)25(34)33-23-12-11-18(14-22(23)28)27(29,30)31/h3,6-14,20-21,24H,2,4-5H2,1H3,(H,33,34)(H,35,36)/t20-,21-,24-/m1/s1. The SMILES string of the molecule is Cc1ncccc1-c1ccc([C@H]2CCC[C@@H](C(=O)Nc3ccc(C(F)(F)F)cc3F)[C@@H]2C(=O)O)cc1. The predicted molar refractivity (Wildman–Crippen MR) is 126 cm³/mol. The molecule has 2 N–H and O–H groups in total. The second-order valence-corrected chi connectivity index (χ2v) is 8.95. The van der Waals surface area contributed by atoms with Crippen LogP contribution >= 0.6 is 0 Å². The van der Waals surface area contributed by atoms with Crippen molar-refractivity contribution in [2.24, 2.45) is 11.8 Å². The molecule has 1 aliphatic carbocycles. The summed E-state index contributed by atoms with van der Waals surface area (Å²) >= 11 is 0. The maximum Gasteiger partial charge on any atom is 0.416 e. The van der Waals surface area contributed by atoms with E-state index in [0.717, 1.165) is 28.5 Å². The molecule has 0 unspecified atom stereocenters. The molecule has 0 saturated heterocycles. The van der Waals surface area contributed by atoms with Crippen molar-refractivity contribution < 1.29 is 32.3 Å². The van der Waals surface area contributed by atoms with E-state index < -0.39 is 52.9 Å². The number of pyridine rings is 1. The van der Waals surface area contributed by atoms with Gasteiger partial charge in [-0.25, -0.2) is 4.39 Å². The first-order chi connectivity index (χ1) is 17.1. The van der Waals surface area contributed by atoms with Crippen molar-refractivity contribution in [3.05, 3.63) is 83.4 Å². The lowest BCUT2D eigenvalue weighted by Crippen LogP contribution is -2.40. The molecule has 1 aromatic heterocycles. The molecule has 2 aromatic carbocycles. The Morgan fingerprint density at radius 2 is 1.78 bits per heavy atom. The lowest BCUT2D eigenvalue weighted by Gasteiger charge is -2.35. The van der Waals surface area contributed by atoms with Gasteiger partial charge in [0.1, 0.15) is 5.82 Å². The Morgan fingerprint density at radius 1 is 1.06 bits per heavy atom. The molecule has 1 fully saturated rings. The van der Waals surface area contributed by atoms with E-state index in [1.54, 1.807) is 6.20 Å². The highest BCUT2D eigenvalue weighted by atomic mass is 19.4. The molecule has 0 bridgehead atoms. The van der Waals surface area contributed by atoms with E-state index in [2.05, 4.69) is 10.3 Å². The molecule has 36 heavy (non-hydrogen) atoms. The number of halogens is 4. The van der Waals surface area contributed by atoms with Gasteiger partial charge in [0.15, 0.2) is 0 Å². The number of benzene rings is 2. The smallest absolute Gasteiger partial charge is 0.416 e. The Morgan fingerprint density at radius 3 is 2.39 bits per heavy atom. The largest absolute Gasteiger partial charge is 0.481 e. The number of aromatic nitrogens is 1. The summed E-state index contributed by atoms with van der Waals surface area (Å²) in [6.07, 6.45) is -1.62. The summed E-state index contributed by atoms with van der Waals surface area (Å²) in [5.41, 5.74) is 1.92. The van der Waals surface area contributed by atoms with E-state index in [1.807, 2.05) is 43.3 Å². The lowest BCUT2D eigenvalue weighted by atomic mass is 9.69. The number of nitrogens with zero attached hydrogens (tertiary/aromatic N) is 1. The van der Waals surface area contributed by atoms with Gasteiger partial charge in [0.25, 0.3) is 0 Å². The molecule has 0 aliphatic heterocycles. The lowest BCUT2D eigenvalue weighted by molar-refractivity contribution is -0.148. The monoisotopic (exact) mass is 500 g/mol. The molecular formula is C27H24F4N2O3. The van der Waals surface area contributed by atoms with Crippen LogP contribution in [0.3, 0.4) is 0 Å². The molecule has 1 heterocycles. The average molecular weight is 500 g/mol. The number of rotatable bonds is 5. The van der Waals surface area contributed by atoms with Crippen LogP contribution in [0.4, 0.5) is 23.2 Å². The van der Waals surface area contributed by atoms with Crippen LogP contribution in [0, 0.1) is 24.6 Å². The van der Waals surface area contributed by atoms with E-state index in [4.69, 9.17) is 0 Å². The van der Waals surface area contributed by atoms with Gasteiger partial charge in [0.2, 0.25) is 5.91 Å². The summed E-state index contributed by atoms with van der Waals surface area (Å²) in [5.74, 6) is -5.61. The van der Waals surface area contributed by atoms with Crippen LogP contribution in [0.15, 0.2) is 60.8 Å². The highest BCUT2D eigenvalue weighted by Gasteiger charge is 2.43. The normalized spacial score (nSPS) is 20.1. The van der Waals surface area contributed by atoms with Crippen LogP contribution in [-0.4, -0.2) is 22.0 Å². The number of carboxylic acid groups (broad SMARTS) is 1. The van der Waals surface area contributed by atoms with Gasteiger partial charge in [-0.2, -0.15) is 13.2 Å². The number of nitrogens with one attached hydrogen (secondary N) is 1. The Labute approximate surface area is 205 Å². The third-order valence-electron chi connectivity index (χ3n) is 6.73. The third kappa shape index (κ3) is 5.24. The second kappa shape index (κ2) is 10.1. The Balaban J connectivity index is 1.56. The molecule has 3 aromatic rings. The average Bonchev–Trinajstić information content (AvgIpc) is 2.84. The molecule has 1 aliphatic rings. The van der Waals surface area contributed by atoms with Gasteiger partial charge < -0.3 is 10.4 Å². The molecule has 188 valence electrons. The van der Waals surface area contributed by atoms with Gasteiger partial charge in [-0.05, 0) is 61.1 Å². The van der Waals surface area contributed by atoms with Crippen LogP contribution in [-0.2, 0) is 15.8 Å². The summed E-state index contributed by atoms with van der Waals surface area (Å²) in [5, 5.41) is 12.3. The number of alkyl halides is 3. The molecular weight excluding hydrogens is 476 g/mol.